The molecule has 0 aromatic heterocycles. The van der Waals surface area contributed by atoms with E-state index in [2.05, 4.69) is 0 Å². The highest BCUT2D eigenvalue weighted by molar-refractivity contribution is 6.03. The summed E-state index contributed by atoms with van der Waals surface area (Å²) in [7, 11) is 0. The number of likely N-dealkylation sites (tertiary alicyclic amines) is 1. The summed E-state index contributed by atoms with van der Waals surface area (Å²) in [6, 6.07) is 0. The van der Waals surface area contributed by atoms with E-state index < -0.39 is 34.5 Å². The van der Waals surface area contributed by atoms with Crippen LogP contribution in [0.1, 0.15) is 48.0 Å². The standard InChI is InChI=1S/C13H21NO5/c1-11(2,3)19-10(18)14-8(15)12(4,5)7-13(14,6)9(16)17/h7H2,1-6H3,(H,16,17)/t13-/m0/s1. The van der Waals surface area contributed by atoms with Crippen LogP contribution in [0.3, 0.4) is 0 Å². The van der Waals surface area contributed by atoms with E-state index in [1.165, 1.54) is 6.92 Å². The van der Waals surface area contributed by atoms with Gasteiger partial charge in [0.2, 0.25) is 5.91 Å². The zero-order valence-corrected chi connectivity index (χ0v) is 12.2. The molecule has 1 rings (SSSR count). The number of rotatable bonds is 1. The van der Waals surface area contributed by atoms with Crippen LogP contribution in [0, 0.1) is 5.41 Å². The van der Waals surface area contributed by atoms with Crippen LogP contribution < -0.4 is 0 Å². The first kappa shape index (κ1) is 15.5. The van der Waals surface area contributed by atoms with Gasteiger partial charge in [0.25, 0.3) is 0 Å². The molecule has 1 saturated heterocycles. The Morgan fingerprint density at radius 3 is 2.11 bits per heavy atom. The summed E-state index contributed by atoms with van der Waals surface area (Å²) < 4.78 is 5.13. The van der Waals surface area contributed by atoms with Gasteiger partial charge in [-0.2, -0.15) is 0 Å². The smallest absolute Gasteiger partial charge is 0.418 e. The van der Waals surface area contributed by atoms with Crippen LogP contribution in [-0.4, -0.2) is 39.1 Å². The van der Waals surface area contributed by atoms with Crippen LogP contribution in [0.5, 0.6) is 0 Å². The van der Waals surface area contributed by atoms with Crippen molar-refractivity contribution in [2.75, 3.05) is 0 Å². The van der Waals surface area contributed by atoms with Crippen LogP contribution in [-0.2, 0) is 14.3 Å². The maximum atomic E-state index is 12.2. The van der Waals surface area contributed by atoms with Gasteiger partial charge < -0.3 is 9.84 Å². The lowest BCUT2D eigenvalue weighted by molar-refractivity contribution is -0.152. The number of amides is 2. The third kappa shape index (κ3) is 2.72. The predicted molar refractivity (Wildman–Crippen MR) is 67.5 cm³/mol. The van der Waals surface area contributed by atoms with Gasteiger partial charge in [0.15, 0.2) is 0 Å². The summed E-state index contributed by atoms with van der Waals surface area (Å²) in [5.41, 5.74) is -3.25. The molecule has 108 valence electrons. The van der Waals surface area contributed by atoms with Crippen LogP contribution in [0.15, 0.2) is 0 Å². The first-order chi connectivity index (χ1) is 8.31. The van der Waals surface area contributed by atoms with Crippen LogP contribution in [0.4, 0.5) is 4.79 Å². The summed E-state index contributed by atoms with van der Waals surface area (Å²) in [6.07, 6.45) is -0.846. The molecule has 1 aliphatic rings. The summed E-state index contributed by atoms with van der Waals surface area (Å²) in [5, 5.41) is 9.34. The second-order valence-electron chi connectivity index (χ2n) is 6.76. The molecule has 19 heavy (non-hydrogen) atoms. The molecule has 1 atom stereocenters. The van der Waals surface area contributed by atoms with Crippen molar-refractivity contribution in [3.05, 3.63) is 0 Å². The second-order valence-corrected chi connectivity index (χ2v) is 6.76. The van der Waals surface area contributed by atoms with E-state index in [9.17, 15) is 19.5 Å². The molecule has 0 aromatic carbocycles. The summed E-state index contributed by atoms with van der Waals surface area (Å²) in [5.74, 6) is -1.73. The van der Waals surface area contributed by atoms with E-state index in [4.69, 9.17) is 4.74 Å². The van der Waals surface area contributed by atoms with Gasteiger partial charge in [-0.05, 0) is 34.1 Å². The van der Waals surface area contributed by atoms with Gasteiger partial charge in [0.1, 0.15) is 11.1 Å². The van der Waals surface area contributed by atoms with E-state index >= 15 is 0 Å². The zero-order chi connectivity index (χ0) is 15.2. The van der Waals surface area contributed by atoms with Crippen molar-refractivity contribution >= 4 is 18.0 Å². The Hall–Kier alpha value is -1.59. The Balaban J connectivity index is 3.18. The van der Waals surface area contributed by atoms with Crippen LogP contribution >= 0.6 is 0 Å². The van der Waals surface area contributed by atoms with Crippen molar-refractivity contribution in [3.63, 3.8) is 0 Å². The molecular weight excluding hydrogens is 250 g/mol. The average molecular weight is 271 g/mol. The maximum absolute atomic E-state index is 12.2. The number of hydrogen-bond donors (Lipinski definition) is 1. The molecule has 6 nitrogen and oxygen atoms in total. The molecule has 1 heterocycles. The molecule has 1 aliphatic heterocycles. The number of hydrogen-bond acceptors (Lipinski definition) is 4. The maximum Gasteiger partial charge on any atom is 0.418 e. The average Bonchev–Trinajstić information content (AvgIpc) is 2.31. The lowest BCUT2D eigenvalue weighted by Gasteiger charge is -2.31. The van der Waals surface area contributed by atoms with Crippen LogP contribution in [0.2, 0.25) is 0 Å². The number of nitrogens with zero attached hydrogens (tertiary/aromatic N) is 1. The summed E-state index contributed by atoms with van der Waals surface area (Å²) in [6.45, 7) is 9.60. The molecule has 6 heteroatoms. The highest BCUT2D eigenvalue weighted by Crippen LogP contribution is 2.43. The van der Waals surface area contributed by atoms with E-state index in [1.54, 1.807) is 34.6 Å². The number of carboxylic acids is 1. The molecular formula is C13H21NO5. The van der Waals surface area contributed by atoms with E-state index in [-0.39, 0.29) is 6.42 Å². The van der Waals surface area contributed by atoms with Crippen molar-refractivity contribution < 1.29 is 24.2 Å². The van der Waals surface area contributed by atoms with Gasteiger partial charge in [0.05, 0.1) is 0 Å². The van der Waals surface area contributed by atoms with Crippen molar-refractivity contribution in [3.8, 4) is 0 Å². The highest BCUT2D eigenvalue weighted by atomic mass is 16.6. The molecule has 0 saturated carbocycles. The normalized spacial score (nSPS) is 26.4. The predicted octanol–water partition coefficient (Wildman–Crippen LogP) is 2.02. The Morgan fingerprint density at radius 1 is 1.26 bits per heavy atom. The van der Waals surface area contributed by atoms with Gasteiger partial charge in [-0.15, -0.1) is 0 Å². The molecule has 0 aliphatic carbocycles. The number of aliphatic carboxylic acids is 1. The first-order valence-electron chi connectivity index (χ1n) is 6.12. The molecule has 0 radical (unpaired) electrons. The van der Waals surface area contributed by atoms with Crippen molar-refractivity contribution in [2.24, 2.45) is 5.41 Å². The Bertz CT molecular complexity index is 435. The van der Waals surface area contributed by atoms with Gasteiger partial charge in [-0.25, -0.2) is 14.5 Å². The quantitative estimate of drug-likeness (QED) is 0.788. The lowest BCUT2D eigenvalue weighted by Crippen LogP contribution is -2.53. The topological polar surface area (TPSA) is 83.9 Å². The van der Waals surface area contributed by atoms with Gasteiger partial charge in [-0.3, -0.25) is 4.79 Å². The Morgan fingerprint density at radius 2 is 1.74 bits per heavy atom. The van der Waals surface area contributed by atoms with Crippen molar-refractivity contribution in [1.29, 1.82) is 0 Å². The third-order valence-corrected chi connectivity index (χ3v) is 3.10. The summed E-state index contributed by atoms with van der Waals surface area (Å²) >= 11 is 0. The minimum absolute atomic E-state index is 0.0629. The molecule has 2 amide bonds. The Kier molecular flexibility index (Phi) is 3.43. The van der Waals surface area contributed by atoms with E-state index in [0.29, 0.717) is 0 Å². The first-order valence-corrected chi connectivity index (χ1v) is 6.12. The number of imide groups is 1. The summed E-state index contributed by atoms with van der Waals surface area (Å²) in [4.78, 5) is 36.5. The largest absolute Gasteiger partial charge is 0.479 e. The minimum atomic E-state index is -1.57. The van der Waals surface area contributed by atoms with Crippen molar-refractivity contribution in [1.82, 2.24) is 4.90 Å². The monoisotopic (exact) mass is 271 g/mol. The highest BCUT2D eigenvalue weighted by Gasteiger charge is 2.60. The lowest BCUT2D eigenvalue weighted by atomic mass is 9.84. The fourth-order valence-corrected chi connectivity index (χ4v) is 2.31. The number of carbonyl (C=O) groups is 3. The fraction of sp³-hybridized carbons (Fsp3) is 0.769. The van der Waals surface area contributed by atoms with Gasteiger partial charge in [-0.1, -0.05) is 13.8 Å². The fourth-order valence-electron chi connectivity index (χ4n) is 2.31. The number of ether oxygens (including phenoxy) is 1. The SMILES string of the molecule is CC(C)(C)OC(=O)N1C(=O)C(C)(C)C[C@@]1(C)C(=O)O. The van der Waals surface area contributed by atoms with Gasteiger partial charge in [0, 0.05) is 5.41 Å². The molecule has 0 bridgehead atoms. The molecule has 0 unspecified atom stereocenters. The second kappa shape index (κ2) is 4.21. The molecule has 0 spiro atoms. The van der Waals surface area contributed by atoms with Crippen molar-refractivity contribution in [2.45, 2.75) is 59.1 Å². The number of carbonyl (C=O) groups excluding carboxylic acids is 2. The number of carboxylic acid groups (broad SMARTS) is 1. The zero-order valence-electron chi connectivity index (χ0n) is 12.2. The van der Waals surface area contributed by atoms with Gasteiger partial charge >= 0.3 is 12.1 Å². The minimum Gasteiger partial charge on any atom is -0.479 e. The molecule has 1 N–H and O–H groups in total. The molecule has 1 fully saturated rings. The van der Waals surface area contributed by atoms with Crippen LogP contribution in [0.25, 0.3) is 0 Å². The van der Waals surface area contributed by atoms with E-state index in [0.717, 1.165) is 4.90 Å². The third-order valence-electron chi connectivity index (χ3n) is 3.10. The van der Waals surface area contributed by atoms with E-state index in [1.807, 2.05) is 0 Å². The Labute approximate surface area is 112 Å². The molecule has 0 aromatic rings.